The van der Waals surface area contributed by atoms with E-state index in [1.807, 2.05) is 11.8 Å². The predicted octanol–water partition coefficient (Wildman–Crippen LogP) is 2.03. The molecule has 1 saturated heterocycles. The monoisotopic (exact) mass is 358 g/mol. The standard InChI is InChI=1S/C13H15BrN2O5/c1-13(21-6-12(17)18)7-15(8-13)5-9-2-3-10(14)4-11(9)16(19)20/h2-4H,5-8H2,1H3,(H,17,18). The summed E-state index contributed by atoms with van der Waals surface area (Å²) in [5, 5.41) is 19.6. The smallest absolute Gasteiger partial charge is 0.329 e. The number of nitro benzene ring substituents is 1. The molecule has 0 bridgehead atoms. The summed E-state index contributed by atoms with van der Waals surface area (Å²) >= 11 is 3.22. The van der Waals surface area contributed by atoms with E-state index in [0.717, 1.165) is 0 Å². The zero-order chi connectivity index (χ0) is 15.6. The molecule has 0 spiro atoms. The lowest BCUT2D eigenvalue weighted by atomic mass is 9.95. The molecule has 8 heteroatoms. The zero-order valence-electron chi connectivity index (χ0n) is 11.4. The minimum absolute atomic E-state index is 0.0735. The van der Waals surface area contributed by atoms with Gasteiger partial charge in [0.15, 0.2) is 0 Å². The van der Waals surface area contributed by atoms with Crippen molar-refractivity contribution in [2.24, 2.45) is 0 Å². The Balaban J connectivity index is 1.96. The quantitative estimate of drug-likeness (QED) is 0.617. The van der Waals surface area contributed by atoms with Gasteiger partial charge in [-0.15, -0.1) is 0 Å². The molecule has 1 aliphatic heterocycles. The van der Waals surface area contributed by atoms with Crippen LogP contribution in [0.3, 0.4) is 0 Å². The van der Waals surface area contributed by atoms with Crippen LogP contribution in [-0.4, -0.2) is 46.2 Å². The van der Waals surface area contributed by atoms with Gasteiger partial charge in [0.05, 0.1) is 10.5 Å². The summed E-state index contributed by atoms with van der Waals surface area (Å²) < 4.78 is 5.97. The van der Waals surface area contributed by atoms with Gasteiger partial charge in [-0.2, -0.15) is 0 Å². The molecule has 1 heterocycles. The second-order valence-corrected chi connectivity index (χ2v) is 6.22. The lowest BCUT2D eigenvalue weighted by Crippen LogP contribution is -2.61. The van der Waals surface area contributed by atoms with E-state index < -0.39 is 16.5 Å². The first-order valence-corrected chi connectivity index (χ1v) is 7.09. The lowest BCUT2D eigenvalue weighted by Gasteiger charge is -2.47. The fraction of sp³-hybridized carbons (Fsp3) is 0.462. The number of hydrogen-bond acceptors (Lipinski definition) is 5. The van der Waals surface area contributed by atoms with Gasteiger partial charge in [-0.3, -0.25) is 15.0 Å². The van der Waals surface area contributed by atoms with E-state index in [2.05, 4.69) is 15.9 Å². The highest BCUT2D eigenvalue weighted by Crippen LogP contribution is 2.30. The number of hydrogen-bond donors (Lipinski definition) is 1. The summed E-state index contributed by atoms with van der Waals surface area (Å²) in [4.78, 5) is 23.1. The van der Waals surface area contributed by atoms with E-state index in [-0.39, 0.29) is 12.3 Å². The van der Waals surface area contributed by atoms with Crippen molar-refractivity contribution in [1.29, 1.82) is 0 Å². The first-order chi connectivity index (χ1) is 9.79. The first-order valence-electron chi connectivity index (χ1n) is 6.30. The molecular formula is C13H15BrN2O5. The van der Waals surface area contributed by atoms with Crippen molar-refractivity contribution in [3.8, 4) is 0 Å². The van der Waals surface area contributed by atoms with Crippen LogP contribution >= 0.6 is 15.9 Å². The van der Waals surface area contributed by atoms with Crippen molar-refractivity contribution in [3.63, 3.8) is 0 Å². The Hall–Kier alpha value is -1.51. The van der Waals surface area contributed by atoms with Crippen molar-refractivity contribution in [2.45, 2.75) is 19.1 Å². The molecule has 1 aromatic carbocycles. The SMILES string of the molecule is CC1(OCC(=O)O)CN(Cc2ccc(Br)cc2[N+](=O)[O-])C1. The van der Waals surface area contributed by atoms with E-state index >= 15 is 0 Å². The minimum atomic E-state index is -1.00. The number of rotatable bonds is 6. The average Bonchev–Trinajstić information content (AvgIpc) is 2.36. The molecule has 21 heavy (non-hydrogen) atoms. The van der Waals surface area contributed by atoms with Gasteiger partial charge in [0.2, 0.25) is 0 Å². The van der Waals surface area contributed by atoms with E-state index in [1.54, 1.807) is 12.1 Å². The third kappa shape index (κ3) is 3.99. The molecule has 0 amide bonds. The van der Waals surface area contributed by atoms with Crippen LogP contribution in [0.4, 0.5) is 5.69 Å². The number of likely N-dealkylation sites (tertiary alicyclic amines) is 1. The normalized spacial score (nSPS) is 17.2. The summed E-state index contributed by atoms with van der Waals surface area (Å²) in [6, 6.07) is 4.97. The maximum atomic E-state index is 11.0. The number of ether oxygens (including phenoxy) is 1. The van der Waals surface area contributed by atoms with Crippen molar-refractivity contribution in [3.05, 3.63) is 38.3 Å². The highest BCUT2D eigenvalue weighted by Gasteiger charge is 2.40. The Morgan fingerprint density at radius 3 is 2.81 bits per heavy atom. The van der Waals surface area contributed by atoms with Crippen LogP contribution in [0.5, 0.6) is 0 Å². The van der Waals surface area contributed by atoms with Crippen LogP contribution in [0.1, 0.15) is 12.5 Å². The van der Waals surface area contributed by atoms with Crippen molar-refractivity contribution >= 4 is 27.6 Å². The molecule has 0 unspecified atom stereocenters. The van der Waals surface area contributed by atoms with Crippen LogP contribution < -0.4 is 0 Å². The van der Waals surface area contributed by atoms with Gasteiger partial charge < -0.3 is 9.84 Å². The molecule has 1 aromatic rings. The maximum absolute atomic E-state index is 11.0. The number of nitro groups is 1. The number of benzene rings is 1. The molecule has 0 aromatic heterocycles. The van der Waals surface area contributed by atoms with Gasteiger partial charge in [0.25, 0.3) is 5.69 Å². The summed E-state index contributed by atoms with van der Waals surface area (Å²) in [6.45, 7) is 3.04. The number of nitrogens with zero attached hydrogens (tertiary/aromatic N) is 2. The second-order valence-electron chi connectivity index (χ2n) is 5.31. The molecule has 0 radical (unpaired) electrons. The van der Waals surface area contributed by atoms with Crippen molar-refractivity contribution in [2.75, 3.05) is 19.7 Å². The van der Waals surface area contributed by atoms with Gasteiger partial charge >= 0.3 is 5.97 Å². The third-order valence-electron chi connectivity index (χ3n) is 3.30. The Bertz CT molecular complexity index is 572. The number of aliphatic carboxylic acids is 1. The fourth-order valence-corrected chi connectivity index (χ4v) is 2.77. The van der Waals surface area contributed by atoms with E-state index in [1.165, 1.54) is 6.07 Å². The zero-order valence-corrected chi connectivity index (χ0v) is 13.0. The second kappa shape index (κ2) is 6.08. The topological polar surface area (TPSA) is 92.9 Å². The molecule has 1 fully saturated rings. The molecular weight excluding hydrogens is 344 g/mol. The molecule has 0 saturated carbocycles. The average molecular weight is 359 g/mol. The molecule has 0 atom stereocenters. The molecule has 2 rings (SSSR count). The number of carboxylic acids is 1. The molecule has 7 nitrogen and oxygen atoms in total. The third-order valence-corrected chi connectivity index (χ3v) is 3.79. The van der Waals surface area contributed by atoms with Crippen molar-refractivity contribution in [1.82, 2.24) is 4.90 Å². The summed E-state index contributed by atoms with van der Waals surface area (Å²) in [5.74, 6) is -1.00. The van der Waals surface area contributed by atoms with Gasteiger partial charge in [-0.25, -0.2) is 4.79 Å². The van der Waals surface area contributed by atoms with Crippen LogP contribution in [0.2, 0.25) is 0 Å². The van der Waals surface area contributed by atoms with Gasteiger partial charge in [0, 0.05) is 35.7 Å². The summed E-state index contributed by atoms with van der Waals surface area (Å²) in [5.41, 5.74) is 0.204. The molecule has 0 aliphatic carbocycles. The van der Waals surface area contributed by atoms with Crippen LogP contribution in [0.15, 0.2) is 22.7 Å². The number of carbonyl (C=O) groups is 1. The maximum Gasteiger partial charge on any atom is 0.329 e. The van der Waals surface area contributed by atoms with Crippen LogP contribution in [0, 0.1) is 10.1 Å². The van der Waals surface area contributed by atoms with E-state index in [9.17, 15) is 14.9 Å². The molecule has 1 N–H and O–H groups in total. The number of halogens is 1. The van der Waals surface area contributed by atoms with Gasteiger partial charge in [-0.1, -0.05) is 15.9 Å². The lowest BCUT2D eigenvalue weighted by molar-refractivity contribution is -0.385. The van der Waals surface area contributed by atoms with Gasteiger partial charge in [-0.05, 0) is 19.1 Å². The fourth-order valence-electron chi connectivity index (χ4n) is 2.42. The molecule has 114 valence electrons. The summed E-state index contributed by atoms with van der Waals surface area (Å²) in [6.07, 6.45) is 0. The predicted molar refractivity (Wildman–Crippen MR) is 78.1 cm³/mol. The highest BCUT2D eigenvalue weighted by atomic mass is 79.9. The van der Waals surface area contributed by atoms with Crippen LogP contribution in [-0.2, 0) is 16.1 Å². The number of carboxylic acid groups (broad SMARTS) is 1. The first kappa shape index (κ1) is 15.9. The van der Waals surface area contributed by atoms with E-state index in [0.29, 0.717) is 29.7 Å². The Kier molecular flexibility index (Phi) is 4.60. The summed E-state index contributed by atoms with van der Waals surface area (Å²) in [7, 11) is 0. The molecule has 1 aliphatic rings. The van der Waals surface area contributed by atoms with Gasteiger partial charge in [0.1, 0.15) is 6.61 Å². The Morgan fingerprint density at radius 2 is 2.24 bits per heavy atom. The van der Waals surface area contributed by atoms with E-state index in [4.69, 9.17) is 9.84 Å². The minimum Gasteiger partial charge on any atom is -0.480 e. The highest BCUT2D eigenvalue weighted by molar-refractivity contribution is 9.10. The van der Waals surface area contributed by atoms with Crippen molar-refractivity contribution < 1.29 is 19.6 Å². The Morgan fingerprint density at radius 1 is 1.57 bits per heavy atom. The largest absolute Gasteiger partial charge is 0.480 e. The Labute approximate surface area is 129 Å². The van der Waals surface area contributed by atoms with Crippen LogP contribution in [0.25, 0.3) is 0 Å².